The lowest BCUT2D eigenvalue weighted by atomic mass is 9.37. The Kier molecular flexibility index (Phi) is 10.1. The lowest BCUT2D eigenvalue weighted by molar-refractivity contribution is -0.357. The maximum Gasteiger partial charge on any atom is 0.310 e. The Morgan fingerprint density at radius 3 is 2.19 bits per heavy atom. The number of carboxylic acids is 1. The van der Waals surface area contributed by atoms with Crippen LogP contribution in [0.25, 0.3) is 0 Å². The Hall–Kier alpha value is -1.19. The van der Waals surface area contributed by atoms with E-state index >= 15 is 0 Å². The lowest BCUT2D eigenvalue weighted by Crippen LogP contribution is -2.64. The first-order valence-corrected chi connectivity index (χ1v) is 19.8. The molecule has 0 amide bonds. The summed E-state index contributed by atoms with van der Waals surface area (Å²) in [5, 5.41) is 73.3. The van der Waals surface area contributed by atoms with Crippen molar-refractivity contribution in [2.45, 2.75) is 167 Å². The molecule has 2 unspecified atom stereocenters. The minimum atomic E-state index is -1.68. The van der Waals surface area contributed by atoms with Crippen molar-refractivity contribution in [1.82, 2.24) is 0 Å². The van der Waals surface area contributed by atoms with Crippen LogP contribution in [0, 0.1) is 50.7 Å². The van der Waals surface area contributed by atoms with Crippen molar-refractivity contribution in [2.75, 3.05) is 13.2 Å². The predicted octanol–water partition coefficient (Wildman–Crippen LogP) is 3.13. The third kappa shape index (κ3) is 5.96. The van der Waals surface area contributed by atoms with Gasteiger partial charge in [0.25, 0.3) is 0 Å². The molecule has 7 rings (SSSR count). The van der Waals surface area contributed by atoms with Crippen LogP contribution in [0.3, 0.4) is 0 Å². The molecule has 0 bridgehead atoms. The number of ether oxygens (including phenoxy) is 4. The van der Waals surface area contributed by atoms with E-state index in [0.717, 1.165) is 64.2 Å². The van der Waals surface area contributed by atoms with Crippen LogP contribution in [0.4, 0.5) is 0 Å². The van der Waals surface area contributed by atoms with Gasteiger partial charge in [-0.25, -0.2) is 0 Å². The average Bonchev–Trinajstić information content (AvgIpc) is 3.08. The van der Waals surface area contributed by atoms with Gasteiger partial charge in [-0.05, 0) is 110 Å². The van der Waals surface area contributed by atoms with Gasteiger partial charge in [0.05, 0.1) is 24.7 Å². The number of rotatable bonds is 6. The van der Waals surface area contributed by atoms with Crippen LogP contribution in [-0.4, -0.2) is 116 Å². The number of hydrogen-bond donors (Lipinski definition) is 7. The maximum absolute atomic E-state index is 12.9. The molecule has 2 heterocycles. The van der Waals surface area contributed by atoms with Gasteiger partial charge in [-0.2, -0.15) is 0 Å². The molecule has 4 saturated carbocycles. The topological polar surface area (TPSA) is 196 Å². The van der Waals surface area contributed by atoms with Crippen LogP contribution >= 0.6 is 0 Å². The fraction of sp³-hybridized carbons (Fsp3) is 0.925. The number of hydrogen-bond acceptors (Lipinski definition) is 11. The molecule has 6 fully saturated rings. The summed E-state index contributed by atoms with van der Waals surface area (Å²) in [4.78, 5) is 12.9. The zero-order valence-electron chi connectivity index (χ0n) is 31.8. The summed E-state index contributed by atoms with van der Waals surface area (Å²) in [5.41, 5.74) is 0.756. The maximum atomic E-state index is 12.9. The summed E-state index contributed by atoms with van der Waals surface area (Å²) < 4.78 is 23.8. The van der Waals surface area contributed by atoms with E-state index in [4.69, 9.17) is 18.9 Å². The van der Waals surface area contributed by atoms with E-state index in [-0.39, 0.29) is 40.3 Å². The van der Waals surface area contributed by atoms with Gasteiger partial charge in [-0.15, -0.1) is 0 Å². The fourth-order valence-electron chi connectivity index (χ4n) is 13.1. The van der Waals surface area contributed by atoms with Gasteiger partial charge in [0.1, 0.15) is 42.7 Å². The van der Waals surface area contributed by atoms with Gasteiger partial charge in [0, 0.05) is 0 Å². The van der Waals surface area contributed by atoms with Crippen molar-refractivity contribution in [3.05, 3.63) is 11.6 Å². The molecule has 2 aliphatic heterocycles. The van der Waals surface area contributed by atoms with Gasteiger partial charge in [-0.3, -0.25) is 4.79 Å². The highest BCUT2D eigenvalue weighted by Gasteiger charge is 2.66. The third-order valence-electron chi connectivity index (χ3n) is 16.1. The Bertz CT molecular complexity index is 1380. The molecule has 296 valence electrons. The first kappa shape index (κ1) is 39.1. The Labute approximate surface area is 307 Å². The molecular weight excluding hydrogens is 672 g/mol. The van der Waals surface area contributed by atoms with Crippen molar-refractivity contribution >= 4 is 5.97 Å². The highest BCUT2D eigenvalue weighted by atomic mass is 16.7. The van der Waals surface area contributed by atoms with E-state index in [1.165, 1.54) is 5.57 Å². The fourth-order valence-corrected chi connectivity index (χ4v) is 13.1. The number of aliphatic hydroxyl groups is 6. The molecular formula is C40H64O12. The number of aliphatic carboxylic acids is 1. The molecule has 0 aromatic heterocycles. The first-order valence-electron chi connectivity index (χ1n) is 19.8. The van der Waals surface area contributed by atoms with Crippen molar-refractivity contribution in [3.8, 4) is 0 Å². The minimum Gasteiger partial charge on any atom is -0.481 e. The molecule has 12 nitrogen and oxygen atoms in total. The SMILES string of the molecule is CC1(C)CC[C@]2(C(=O)O)CCC3C(=CC[C@@H]4[C@@]5(C)CC[C@H](O[C@@H]6OC[C@@H](O)[C@H](OC7O[C@H](CO)[C@H](O)[C@H](O)[C@H]7O)[C@H]6O)C(C)(C)[C@@H]5CC[C@@]34C)[C@@H]2C1. The van der Waals surface area contributed by atoms with Crippen LogP contribution in [0.1, 0.15) is 106 Å². The predicted molar refractivity (Wildman–Crippen MR) is 187 cm³/mol. The van der Waals surface area contributed by atoms with E-state index in [2.05, 4.69) is 47.6 Å². The Balaban J connectivity index is 1.07. The van der Waals surface area contributed by atoms with Gasteiger partial charge in [0.2, 0.25) is 0 Å². The summed E-state index contributed by atoms with van der Waals surface area (Å²) >= 11 is 0. The van der Waals surface area contributed by atoms with Gasteiger partial charge in [-0.1, -0.05) is 53.2 Å². The van der Waals surface area contributed by atoms with E-state index in [0.29, 0.717) is 17.8 Å². The van der Waals surface area contributed by atoms with Gasteiger partial charge in [0.15, 0.2) is 12.6 Å². The number of carbonyl (C=O) groups is 1. The molecule has 17 atom stereocenters. The number of carboxylic acid groups (broad SMARTS) is 1. The van der Waals surface area contributed by atoms with Crippen LogP contribution in [0.2, 0.25) is 0 Å². The Morgan fingerprint density at radius 1 is 0.788 bits per heavy atom. The van der Waals surface area contributed by atoms with Gasteiger partial charge < -0.3 is 54.7 Å². The molecule has 0 spiro atoms. The first-order chi connectivity index (χ1) is 24.3. The summed E-state index contributed by atoms with van der Waals surface area (Å²) in [7, 11) is 0. The van der Waals surface area contributed by atoms with E-state index in [1.807, 2.05) is 0 Å². The molecule has 5 aliphatic carbocycles. The number of fused-ring (bicyclic) bond motifs is 7. The van der Waals surface area contributed by atoms with Crippen LogP contribution in [0.15, 0.2) is 11.6 Å². The second kappa shape index (κ2) is 13.5. The summed E-state index contributed by atoms with van der Waals surface area (Å²) in [5.74, 6) is 0.665. The molecule has 2 saturated heterocycles. The zero-order valence-corrected chi connectivity index (χ0v) is 31.8. The van der Waals surface area contributed by atoms with E-state index < -0.39 is 73.3 Å². The van der Waals surface area contributed by atoms with Crippen molar-refractivity contribution in [2.24, 2.45) is 50.7 Å². The Morgan fingerprint density at radius 2 is 1.50 bits per heavy atom. The van der Waals surface area contributed by atoms with Crippen LogP contribution in [0.5, 0.6) is 0 Å². The smallest absolute Gasteiger partial charge is 0.310 e. The molecule has 7 N–H and O–H groups in total. The standard InChI is InChI=1S/C40H64O12/c1-36(2)15-16-40(35(47)48)14-9-21-20(22(40)17-36)7-8-26-38(21,5)12-10-25-37(3,4)27(11-13-39(25,26)6)51-33-31(46)32(23(42)19-49-33)52-34-30(45)29(44)28(43)24(18-41)50-34/h7,21-34,41-46H,8-19H2,1-6H3,(H,47,48)/t21?,22-,23+,24+,25-,26-,27-,28-,29-,30+,31+,32-,33-,34?,38-,39-,40+/m0/s1. The van der Waals surface area contributed by atoms with E-state index in [9.17, 15) is 40.5 Å². The molecule has 0 aromatic rings. The summed E-state index contributed by atoms with van der Waals surface area (Å²) in [6, 6.07) is 0. The second-order valence-electron chi connectivity index (χ2n) is 19.6. The number of aliphatic hydroxyl groups excluding tert-OH is 6. The van der Waals surface area contributed by atoms with E-state index in [1.54, 1.807) is 0 Å². The number of allylic oxidation sites excluding steroid dienone is 2. The summed E-state index contributed by atoms with van der Waals surface area (Å²) in [6.45, 7) is 13.3. The van der Waals surface area contributed by atoms with Crippen LogP contribution in [-0.2, 0) is 23.7 Å². The molecule has 12 heteroatoms. The highest BCUT2D eigenvalue weighted by Crippen LogP contribution is 2.72. The highest BCUT2D eigenvalue weighted by molar-refractivity contribution is 5.76. The second-order valence-corrected chi connectivity index (χ2v) is 19.6. The molecule has 52 heavy (non-hydrogen) atoms. The lowest BCUT2D eigenvalue weighted by Gasteiger charge is -2.68. The molecule has 0 aromatic carbocycles. The summed E-state index contributed by atoms with van der Waals surface area (Å²) in [6.07, 6.45) is -1.46. The van der Waals surface area contributed by atoms with Crippen molar-refractivity contribution in [3.63, 3.8) is 0 Å². The zero-order chi connectivity index (χ0) is 37.8. The van der Waals surface area contributed by atoms with Crippen molar-refractivity contribution in [1.29, 1.82) is 0 Å². The monoisotopic (exact) mass is 736 g/mol. The van der Waals surface area contributed by atoms with Crippen molar-refractivity contribution < 1.29 is 59.5 Å². The van der Waals surface area contributed by atoms with Gasteiger partial charge >= 0.3 is 5.97 Å². The third-order valence-corrected chi connectivity index (χ3v) is 16.1. The molecule has 0 radical (unpaired) electrons. The molecule has 7 aliphatic rings. The normalized spacial score (nSPS) is 52.7. The average molecular weight is 737 g/mol. The largest absolute Gasteiger partial charge is 0.481 e. The minimum absolute atomic E-state index is 0.0303. The quantitative estimate of drug-likeness (QED) is 0.156. The van der Waals surface area contributed by atoms with Crippen LogP contribution < -0.4 is 0 Å².